The lowest BCUT2D eigenvalue weighted by Crippen LogP contribution is -2.36. The van der Waals surface area contributed by atoms with Crippen LogP contribution in [0.1, 0.15) is 31.6 Å². The molecule has 2 atom stereocenters. The van der Waals surface area contributed by atoms with Gasteiger partial charge >= 0.3 is 0 Å². The normalized spacial score (nSPS) is 23.9. The van der Waals surface area contributed by atoms with E-state index in [-0.39, 0.29) is 0 Å². The molecule has 0 saturated carbocycles. The molecule has 0 amide bonds. The topological polar surface area (TPSA) is 37.2 Å². The third kappa shape index (κ3) is 3.08. The van der Waals surface area contributed by atoms with Gasteiger partial charge in [-0.05, 0) is 57.5 Å². The van der Waals surface area contributed by atoms with E-state index in [4.69, 9.17) is 4.42 Å². The average Bonchev–Trinajstić information content (AvgIpc) is 2.81. The first-order valence-electron chi connectivity index (χ1n) is 5.84. The van der Waals surface area contributed by atoms with Crippen molar-refractivity contribution in [2.45, 2.75) is 25.8 Å². The summed E-state index contributed by atoms with van der Waals surface area (Å²) in [7, 11) is 0. The molecule has 1 aromatic rings. The van der Waals surface area contributed by atoms with E-state index in [9.17, 15) is 0 Å². The number of hydrogen-bond donors (Lipinski definition) is 2. The molecule has 0 aliphatic carbocycles. The lowest BCUT2D eigenvalue weighted by atomic mass is 9.99. The van der Waals surface area contributed by atoms with Crippen molar-refractivity contribution < 1.29 is 4.42 Å². The molecule has 0 aromatic carbocycles. The quantitative estimate of drug-likeness (QED) is 0.794. The molecule has 1 aliphatic rings. The van der Waals surface area contributed by atoms with Gasteiger partial charge in [-0.3, -0.25) is 0 Å². The highest BCUT2D eigenvalue weighted by Gasteiger charge is 2.14. The van der Waals surface area contributed by atoms with E-state index in [0.29, 0.717) is 6.04 Å². The van der Waals surface area contributed by atoms with Crippen molar-refractivity contribution in [3.8, 4) is 0 Å². The number of furan rings is 1. The van der Waals surface area contributed by atoms with Crippen molar-refractivity contribution >= 4 is 0 Å². The molecule has 2 heterocycles. The van der Waals surface area contributed by atoms with Crippen molar-refractivity contribution in [1.82, 2.24) is 10.6 Å². The smallest absolute Gasteiger partial charge is 0.120 e. The minimum Gasteiger partial charge on any atom is -0.468 e. The monoisotopic (exact) mass is 208 g/mol. The van der Waals surface area contributed by atoms with Crippen molar-refractivity contribution in [2.75, 3.05) is 19.6 Å². The highest BCUT2D eigenvalue weighted by molar-refractivity contribution is 5.02. The van der Waals surface area contributed by atoms with Crippen LogP contribution in [0.4, 0.5) is 0 Å². The van der Waals surface area contributed by atoms with Crippen molar-refractivity contribution in [3.05, 3.63) is 24.2 Å². The maximum absolute atomic E-state index is 5.36. The molecule has 0 spiro atoms. The third-order valence-corrected chi connectivity index (χ3v) is 3.08. The molecule has 1 saturated heterocycles. The fraction of sp³-hybridized carbons (Fsp3) is 0.667. The lowest BCUT2D eigenvalue weighted by molar-refractivity contribution is 0.335. The second-order valence-electron chi connectivity index (χ2n) is 4.36. The predicted octanol–water partition coefficient (Wildman–Crippen LogP) is 1.93. The van der Waals surface area contributed by atoms with Crippen LogP contribution in [-0.4, -0.2) is 19.6 Å². The van der Waals surface area contributed by atoms with Gasteiger partial charge in [0.1, 0.15) is 5.76 Å². The molecule has 0 bridgehead atoms. The summed E-state index contributed by atoms with van der Waals surface area (Å²) in [6.45, 7) is 5.56. The second kappa shape index (κ2) is 5.33. The van der Waals surface area contributed by atoms with Crippen LogP contribution in [0.3, 0.4) is 0 Å². The fourth-order valence-corrected chi connectivity index (χ4v) is 2.08. The van der Waals surface area contributed by atoms with Gasteiger partial charge in [0.15, 0.2) is 0 Å². The van der Waals surface area contributed by atoms with E-state index < -0.39 is 0 Å². The molecule has 84 valence electrons. The Bertz CT molecular complexity index is 265. The summed E-state index contributed by atoms with van der Waals surface area (Å²) in [5, 5.41) is 6.95. The summed E-state index contributed by atoms with van der Waals surface area (Å²) < 4.78 is 5.36. The molecular formula is C12H20N2O. The summed E-state index contributed by atoms with van der Waals surface area (Å²) in [6, 6.07) is 4.29. The second-order valence-corrected chi connectivity index (χ2v) is 4.36. The SMILES string of the molecule is C[C@H](NC[C@H]1CCCNC1)c1ccco1. The van der Waals surface area contributed by atoms with E-state index >= 15 is 0 Å². The molecule has 3 nitrogen and oxygen atoms in total. The zero-order chi connectivity index (χ0) is 10.5. The maximum atomic E-state index is 5.36. The first-order chi connectivity index (χ1) is 7.36. The van der Waals surface area contributed by atoms with Crippen molar-refractivity contribution in [2.24, 2.45) is 5.92 Å². The van der Waals surface area contributed by atoms with Gasteiger partial charge in [-0.2, -0.15) is 0 Å². The summed E-state index contributed by atoms with van der Waals surface area (Å²) in [6.07, 6.45) is 4.38. The Morgan fingerprint density at radius 2 is 2.60 bits per heavy atom. The van der Waals surface area contributed by atoms with Crippen LogP contribution in [0, 0.1) is 5.92 Å². The van der Waals surface area contributed by atoms with Crippen LogP contribution in [0.5, 0.6) is 0 Å². The Hall–Kier alpha value is -0.800. The third-order valence-electron chi connectivity index (χ3n) is 3.08. The molecule has 15 heavy (non-hydrogen) atoms. The number of nitrogens with one attached hydrogen (secondary N) is 2. The predicted molar refractivity (Wildman–Crippen MR) is 60.7 cm³/mol. The first kappa shape index (κ1) is 10.7. The Morgan fingerprint density at radius 1 is 1.67 bits per heavy atom. The maximum Gasteiger partial charge on any atom is 0.120 e. The highest BCUT2D eigenvalue weighted by Crippen LogP contribution is 2.14. The molecule has 1 fully saturated rings. The molecule has 2 rings (SSSR count). The van der Waals surface area contributed by atoms with Gasteiger partial charge in [0.2, 0.25) is 0 Å². The Morgan fingerprint density at radius 3 is 3.27 bits per heavy atom. The van der Waals surface area contributed by atoms with E-state index in [1.165, 1.54) is 19.4 Å². The van der Waals surface area contributed by atoms with Crippen molar-refractivity contribution in [1.29, 1.82) is 0 Å². The first-order valence-corrected chi connectivity index (χ1v) is 5.84. The summed E-state index contributed by atoms with van der Waals surface area (Å²) >= 11 is 0. The fourth-order valence-electron chi connectivity index (χ4n) is 2.08. The average molecular weight is 208 g/mol. The summed E-state index contributed by atoms with van der Waals surface area (Å²) in [5.74, 6) is 1.80. The van der Waals surface area contributed by atoms with Crippen LogP contribution in [0.25, 0.3) is 0 Å². The summed E-state index contributed by atoms with van der Waals surface area (Å²) in [4.78, 5) is 0. The number of piperidine rings is 1. The van der Waals surface area contributed by atoms with Crippen LogP contribution >= 0.6 is 0 Å². The molecule has 0 unspecified atom stereocenters. The molecular weight excluding hydrogens is 188 g/mol. The standard InChI is InChI=1S/C12H20N2O/c1-10(12-5-3-7-15-12)14-9-11-4-2-6-13-8-11/h3,5,7,10-11,13-14H,2,4,6,8-9H2,1H3/t10-,11-/m0/s1. The minimum atomic E-state index is 0.321. The zero-order valence-corrected chi connectivity index (χ0v) is 9.33. The van der Waals surface area contributed by atoms with Gasteiger partial charge in [-0.25, -0.2) is 0 Å². The van der Waals surface area contributed by atoms with Gasteiger partial charge in [0, 0.05) is 0 Å². The Kier molecular flexibility index (Phi) is 3.80. The Labute approximate surface area is 91.2 Å². The van der Waals surface area contributed by atoms with E-state index in [1.807, 2.05) is 12.1 Å². The zero-order valence-electron chi connectivity index (χ0n) is 9.33. The van der Waals surface area contributed by atoms with Crippen molar-refractivity contribution in [3.63, 3.8) is 0 Å². The van der Waals surface area contributed by atoms with Gasteiger partial charge in [-0.1, -0.05) is 0 Å². The van der Waals surface area contributed by atoms with E-state index in [2.05, 4.69) is 17.6 Å². The highest BCUT2D eigenvalue weighted by atomic mass is 16.3. The molecule has 1 aromatic heterocycles. The van der Waals surface area contributed by atoms with Gasteiger partial charge < -0.3 is 15.1 Å². The van der Waals surface area contributed by atoms with Crippen LogP contribution < -0.4 is 10.6 Å². The Balaban J connectivity index is 1.73. The number of hydrogen-bond acceptors (Lipinski definition) is 3. The van der Waals surface area contributed by atoms with E-state index in [0.717, 1.165) is 24.8 Å². The van der Waals surface area contributed by atoms with Crippen LogP contribution in [-0.2, 0) is 0 Å². The lowest BCUT2D eigenvalue weighted by Gasteiger charge is -2.24. The molecule has 2 N–H and O–H groups in total. The molecule has 1 aliphatic heterocycles. The van der Waals surface area contributed by atoms with Gasteiger partial charge in [0.05, 0.1) is 12.3 Å². The van der Waals surface area contributed by atoms with Gasteiger partial charge in [0.25, 0.3) is 0 Å². The molecule has 3 heteroatoms. The molecule has 0 radical (unpaired) electrons. The van der Waals surface area contributed by atoms with Crippen LogP contribution in [0.2, 0.25) is 0 Å². The summed E-state index contributed by atoms with van der Waals surface area (Å²) in [5.41, 5.74) is 0. The van der Waals surface area contributed by atoms with E-state index in [1.54, 1.807) is 6.26 Å². The number of rotatable bonds is 4. The van der Waals surface area contributed by atoms with Crippen LogP contribution in [0.15, 0.2) is 22.8 Å². The minimum absolute atomic E-state index is 0.321. The van der Waals surface area contributed by atoms with Gasteiger partial charge in [-0.15, -0.1) is 0 Å². The largest absolute Gasteiger partial charge is 0.468 e.